The molecule has 0 bridgehead atoms. The Morgan fingerprint density at radius 2 is 0.796 bits per heavy atom. The van der Waals surface area contributed by atoms with Gasteiger partial charge in [-0.2, -0.15) is 0 Å². The molecule has 0 radical (unpaired) electrons. The first-order valence-corrected chi connectivity index (χ1v) is 17.1. The van der Waals surface area contributed by atoms with Gasteiger partial charge in [0.2, 0.25) is 0 Å². The zero-order chi connectivity index (χ0) is 31.3. The highest BCUT2D eigenvalue weighted by Gasteiger charge is 2.51. The van der Waals surface area contributed by atoms with Crippen molar-refractivity contribution >= 4 is 87.0 Å². The Hall–Kier alpha value is -6.38. The van der Waals surface area contributed by atoms with E-state index in [1.807, 2.05) is 0 Å². The van der Waals surface area contributed by atoms with Crippen molar-refractivity contribution in [1.29, 1.82) is 0 Å². The summed E-state index contributed by atoms with van der Waals surface area (Å²) in [5.41, 5.74) is 13.9. The Bertz CT molecular complexity index is 3400. The molecule has 0 fully saturated rings. The molecule has 2 aromatic heterocycles. The second kappa shape index (κ2) is 7.51. The summed E-state index contributed by atoms with van der Waals surface area (Å²) in [5, 5.41) is 15.0. The van der Waals surface area contributed by atoms with Crippen LogP contribution >= 0.6 is 0 Å². The molecule has 0 atom stereocenters. The summed E-state index contributed by atoms with van der Waals surface area (Å²) in [6, 6.07) is 49.7. The lowest BCUT2D eigenvalue weighted by atomic mass is 9.70. The monoisotopic (exact) mass is 618 g/mol. The number of fused-ring (bicyclic) bond motifs is 13. The van der Waals surface area contributed by atoms with E-state index in [0.717, 1.165) is 22.3 Å². The van der Waals surface area contributed by atoms with E-state index in [2.05, 4.69) is 133 Å². The van der Waals surface area contributed by atoms with Gasteiger partial charge in [0.05, 0.1) is 5.41 Å². The van der Waals surface area contributed by atoms with Crippen molar-refractivity contribution in [2.75, 3.05) is 0 Å². The third-order valence-electron chi connectivity index (χ3n) is 12.3. The molecule has 1 spiro atoms. The lowest BCUT2D eigenvalue weighted by molar-refractivity contribution is 0.669. The van der Waals surface area contributed by atoms with Gasteiger partial charge in [0.25, 0.3) is 0 Å². The van der Waals surface area contributed by atoms with Gasteiger partial charge in [0.15, 0.2) is 0 Å². The van der Waals surface area contributed by atoms with Crippen LogP contribution in [0.25, 0.3) is 109 Å². The molecule has 2 heteroatoms. The van der Waals surface area contributed by atoms with Gasteiger partial charge < -0.3 is 8.83 Å². The van der Waals surface area contributed by atoms with E-state index in [-0.39, 0.29) is 0 Å². The number of furan rings is 2. The summed E-state index contributed by atoms with van der Waals surface area (Å²) in [6.07, 6.45) is 0. The lowest BCUT2D eigenvalue weighted by Gasteiger charge is -2.30. The summed E-state index contributed by atoms with van der Waals surface area (Å²) < 4.78 is 13.7. The SMILES string of the molecule is c1ccc2c(c1)-c1ccccc1C21c2cccc3c2c2c1cccc2c1c2oc4cccc5c4c2c2c(ccc4oc6cccc-5c6c42)c31. The highest BCUT2D eigenvalue weighted by atomic mass is 16.3. The minimum absolute atomic E-state index is 0.393. The van der Waals surface area contributed by atoms with E-state index in [0.29, 0.717) is 0 Å². The van der Waals surface area contributed by atoms with Crippen molar-refractivity contribution in [3.05, 3.63) is 156 Å². The summed E-state index contributed by atoms with van der Waals surface area (Å²) in [4.78, 5) is 0. The molecule has 222 valence electrons. The normalized spacial score (nSPS) is 14.7. The van der Waals surface area contributed by atoms with Gasteiger partial charge in [-0.25, -0.2) is 0 Å². The fraction of sp³-hybridized carbons (Fsp3) is 0.0213. The van der Waals surface area contributed by atoms with Gasteiger partial charge in [0, 0.05) is 37.7 Å². The number of hydrogen-bond donors (Lipinski definition) is 0. The third kappa shape index (κ3) is 2.30. The molecule has 49 heavy (non-hydrogen) atoms. The van der Waals surface area contributed by atoms with Crippen molar-refractivity contribution in [3.8, 4) is 22.3 Å². The van der Waals surface area contributed by atoms with Crippen molar-refractivity contribution in [2.45, 2.75) is 5.41 Å². The zero-order valence-corrected chi connectivity index (χ0v) is 26.0. The lowest BCUT2D eigenvalue weighted by Crippen LogP contribution is -2.25. The number of rotatable bonds is 0. The molecule has 14 rings (SSSR count). The predicted octanol–water partition coefficient (Wildman–Crippen LogP) is 12.8. The molecule has 3 aliphatic carbocycles. The Labute approximate surface area is 278 Å². The van der Waals surface area contributed by atoms with Crippen LogP contribution in [0.1, 0.15) is 22.3 Å². The maximum absolute atomic E-state index is 7.12. The largest absolute Gasteiger partial charge is 0.456 e. The number of benzene rings is 9. The molecule has 0 N–H and O–H groups in total. The summed E-state index contributed by atoms with van der Waals surface area (Å²) in [7, 11) is 0. The average molecular weight is 619 g/mol. The summed E-state index contributed by atoms with van der Waals surface area (Å²) in [5.74, 6) is 0. The van der Waals surface area contributed by atoms with Gasteiger partial charge in [-0.3, -0.25) is 0 Å². The molecule has 11 aromatic rings. The molecule has 2 nitrogen and oxygen atoms in total. The van der Waals surface area contributed by atoms with E-state index in [1.165, 1.54) is 109 Å². The third-order valence-corrected chi connectivity index (χ3v) is 12.3. The molecule has 2 heterocycles. The minimum atomic E-state index is -0.393. The molecule has 3 aliphatic rings. The maximum Gasteiger partial charge on any atom is 0.144 e. The Morgan fingerprint density at radius 1 is 0.286 bits per heavy atom. The van der Waals surface area contributed by atoms with Crippen molar-refractivity contribution in [3.63, 3.8) is 0 Å². The Balaban J connectivity index is 1.32. The fourth-order valence-corrected chi connectivity index (χ4v) is 10.8. The van der Waals surface area contributed by atoms with Crippen LogP contribution < -0.4 is 0 Å². The van der Waals surface area contributed by atoms with E-state index >= 15 is 0 Å². The first-order valence-electron chi connectivity index (χ1n) is 17.1. The second-order valence-corrected chi connectivity index (χ2v) is 14.2. The van der Waals surface area contributed by atoms with Gasteiger partial charge in [0.1, 0.15) is 22.3 Å². The van der Waals surface area contributed by atoms with Crippen LogP contribution in [0.3, 0.4) is 0 Å². The van der Waals surface area contributed by atoms with Gasteiger partial charge in [-0.15, -0.1) is 0 Å². The van der Waals surface area contributed by atoms with Crippen LogP contribution in [0.2, 0.25) is 0 Å². The topological polar surface area (TPSA) is 26.3 Å². The number of hydrogen-bond acceptors (Lipinski definition) is 2. The maximum atomic E-state index is 7.12. The molecule has 0 saturated carbocycles. The quantitative estimate of drug-likeness (QED) is 0.158. The molecular weight excluding hydrogens is 597 g/mol. The standard InChI is InChI=1S/C47H22O2/c1-3-15-30-23(9-1)24-10-2-4-16-31(24)47(30)32-17-5-13-27-37-29-21-22-36-44-40-25(11-7-19-34(40)48-36)26-12-8-20-35-41(26)45(42(29)44)46(49-35)43(37)28-14-6-18-33(47)39(28)38(27)32/h1-22H. The van der Waals surface area contributed by atoms with Crippen LogP contribution in [0.5, 0.6) is 0 Å². The van der Waals surface area contributed by atoms with Crippen LogP contribution in [0, 0.1) is 0 Å². The zero-order valence-electron chi connectivity index (χ0n) is 26.0. The van der Waals surface area contributed by atoms with Crippen molar-refractivity contribution in [1.82, 2.24) is 0 Å². The molecule has 9 aromatic carbocycles. The van der Waals surface area contributed by atoms with Crippen LogP contribution in [0.4, 0.5) is 0 Å². The highest BCUT2D eigenvalue weighted by molar-refractivity contribution is 6.47. The second-order valence-electron chi connectivity index (χ2n) is 14.2. The van der Waals surface area contributed by atoms with Gasteiger partial charge >= 0.3 is 0 Å². The Morgan fingerprint density at radius 3 is 1.49 bits per heavy atom. The summed E-state index contributed by atoms with van der Waals surface area (Å²) in [6.45, 7) is 0. The predicted molar refractivity (Wildman–Crippen MR) is 201 cm³/mol. The van der Waals surface area contributed by atoms with Gasteiger partial charge in [-0.1, -0.05) is 109 Å². The fourth-order valence-electron chi connectivity index (χ4n) is 10.8. The highest BCUT2D eigenvalue weighted by Crippen LogP contribution is 2.64. The first kappa shape index (κ1) is 23.9. The Kier molecular flexibility index (Phi) is 3.66. The van der Waals surface area contributed by atoms with Crippen molar-refractivity contribution in [2.24, 2.45) is 0 Å². The smallest absolute Gasteiger partial charge is 0.144 e. The van der Waals surface area contributed by atoms with Crippen LogP contribution in [-0.2, 0) is 5.41 Å². The summed E-state index contributed by atoms with van der Waals surface area (Å²) >= 11 is 0. The molecule has 0 amide bonds. The van der Waals surface area contributed by atoms with E-state index in [4.69, 9.17) is 8.83 Å². The first-order chi connectivity index (χ1) is 24.3. The van der Waals surface area contributed by atoms with Crippen molar-refractivity contribution < 1.29 is 8.83 Å². The van der Waals surface area contributed by atoms with E-state index in [9.17, 15) is 0 Å². The molecule has 0 unspecified atom stereocenters. The van der Waals surface area contributed by atoms with E-state index < -0.39 is 5.41 Å². The van der Waals surface area contributed by atoms with Crippen LogP contribution in [0.15, 0.2) is 142 Å². The van der Waals surface area contributed by atoms with E-state index in [1.54, 1.807) is 0 Å². The average Bonchev–Trinajstić information content (AvgIpc) is 3.87. The minimum Gasteiger partial charge on any atom is -0.456 e. The van der Waals surface area contributed by atoms with Gasteiger partial charge in [-0.05, 0) is 95.7 Å². The van der Waals surface area contributed by atoms with Crippen LogP contribution in [-0.4, -0.2) is 0 Å². The molecule has 0 aliphatic heterocycles. The molecular formula is C47H22O2. The molecule has 0 saturated heterocycles.